The van der Waals surface area contributed by atoms with Gasteiger partial charge in [0, 0.05) is 12.8 Å². The number of rotatable bonds is 17. The van der Waals surface area contributed by atoms with E-state index in [1.165, 1.54) is 31.2 Å². The van der Waals surface area contributed by atoms with Crippen LogP contribution in [0, 0.1) is 11.8 Å². The van der Waals surface area contributed by atoms with Gasteiger partial charge in [0.05, 0.1) is 12.6 Å². The number of aromatic hydroxyl groups is 2. The molecule has 0 aliphatic rings. The highest BCUT2D eigenvalue weighted by Gasteiger charge is 2.31. The van der Waals surface area contributed by atoms with E-state index in [1.807, 2.05) is 0 Å². The normalized spacial score (nSPS) is 14.2. The summed E-state index contributed by atoms with van der Waals surface area (Å²) < 4.78 is 0. The fourth-order valence-electron chi connectivity index (χ4n) is 4.41. The number of carbonyl (C=O) groups excluding carboxylic acids is 5. The van der Waals surface area contributed by atoms with Gasteiger partial charge in [-0.3, -0.25) is 28.8 Å². The van der Waals surface area contributed by atoms with Crippen molar-refractivity contribution in [1.29, 1.82) is 0 Å². The molecule has 262 valence electrons. The van der Waals surface area contributed by atoms with Gasteiger partial charge < -0.3 is 47.6 Å². The Bertz CT molecular complexity index is 1430. The molecule has 15 nitrogen and oxygen atoms in total. The smallest absolute Gasteiger partial charge is 0.325 e. The summed E-state index contributed by atoms with van der Waals surface area (Å²) in [6.45, 7) is 7.54. The van der Waals surface area contributed by atoms with Crippen LogP contribution in [0.5, 0.6) is 11.5 Å². The Balaban J connectivity index is 2.14. The van der Waals surface area contributed by atoms with Crippen molar-refractivity contribution in [3.05, 3.63) is 59.7 Å². The van der Waals surface area contributed by atoms with Crippen LogP contribution in [0.1, 0.15) is 45.7 Å². The zero-order valence-electron chi connectivity index (χ0n) is 27.7. The van der Waals surface area contributed by atoms with Crippen molar-refractivity contribution in [2.75, 3.05) is 6.54 Å². The number of carboxylic acids is 1. The summed E-state index contributed by atoms with van der Waals surface area (Å²) in [6.07, 6.45) is -0.0140. The van der Waals surface area contributed by atoms with E-state index in [2.05, 4.69) is 26.6 Å². The maximum atomic E-state index is 13.4. The summed E-state index contributed by atoms with van der Waals surface area (Å²) >= 11 is 0. The van der Waals surface area contributed by atoms with Crippen molar-refractivity contribution in [1.82, 2.24) is 26.6 Å². The molecule has 0 heterocycles. The second-order valence-electron chi connectivity index (χ2n) is 12.2. The number of carboxylic acid groups (broad SMARTS) is 1. The van der Waals surface area contributed by atoms with Gasteiger partial charge in [-0.1, -0.05) is 52.0 Å². The number of phenolic OH excluding ortho intramolecular Hbond substituents is 2. The highest BCUT2D eigenvalue weighted by Crippen LogP contribution is 2.14. The average Bonchev–Trinajstić information content (AvgIpc) is 3.02. The summed E-state index contributed by atoms with van der Waals surface area (Å²) in [7, 11) is 0. The molecule has 0 aliphatic carbocycles. The lowest BCUT2D eigenvalue weighted by molar-refractivity contribution is -0.141. The Hall–Kier alpha value is -5.18. The Morgan fingerprint density at radius 1 is 0.625 bits per heavy atom. The largest absolute Gasteiger partial charge is 0.508 e. The van der Waals surface area contributed by atoms with Gasteiger partial charge in [0.25, 0.3) is 0 Å². The minimum Gasteiger partial charge on any atom is -0.508 e. The van der Waals surface area contributed by atoms with Crippen LogP contribution >= 0.6 is 0 Å². The third-order valence-corrected chi connectivity index (χ3v) is 7.46. The number of nitrogens with two attached hydrogens (primary N) is 1. The van der Waals surface area contributed by atoms with Crippen LogP contribution in [0.15, 0.2) is 48.5 Å². The van der Waals surface area contributed by atoms with E-state index in [1.54, 1.807) is 52.0 Å². The Kier molecular flexibility index (Phi) is 14.8. The van der Waals surface area contributed by atoms with Gasteiger partial charge in [0.15, 0.2) is 0 Å². The molecule has 0 aliphatic heterocycles. The molecule has 0 bridgehead atoms. The van der Waals surface area contributed by atoms with Crippen LogP contribution in [0.3, 0.4) is 0 Å². The number of phenols is 2. The Morgan fingerprint density at radius 2 is 1.08 bits per heavy atom. The number of nitrogens with one attached hydrogen (secondary N) is 5. The summed E-state index contributed by atoms with van der Waals surface area (Å²) in [5.41, 5.74) is 7.14. The summed E-state index contributed by atoms with van der Waals surface area (Å²) in [5.74, 6) is -5.43. The number of carbonyl (C=O) groups is 6. The van der Waals surface area contributed by atoms with Crippen molar-refractivity contribution in [2.24, 2.45) is 17.6 Å². The number of amides is 5. The maximum absolute atomic E-state index is 13.4. The second-order valence-corrected chi connectivity index (χ2v) is 12.2. The van der Waals surface area contributed by atoms with Crippen LogP contribution in [0.25, 0.3) is 0 Å². The van der Waals surface area contributed by atoms with Crippen LogP contribution in [0.4, 0.5) is 0 Å². The zero-order chi connectivity index (χ0) is 36.1. The van der Waals surface area contributed by atoms with Crippen LogP contribution in [-0.2, 0) is 41.6 Å². The van der Waals surface area contributed by atoms with Gasteiger partial charge in [-0.2, -0.15) is 0 Å². The Labute approximate surface area is 279 Å². The molecule has 5 amide bonds. The fourth-order valence-corrected chi connectivity index (χ4v) is 4.41. The summed E-state index contributed by atoms with van der Waals surface area (Å²) in [6, 6.07) is 6.28. The van der Waals surface area contributed by atoms with Gasteiger partial charge in [-0.15, -0.1) is 0 Å². The van der Waals surface area contributed by atoms with Crippen molar-refractivity contribution in [2.45, 2.75) is 77.7 Å². The molecular weight excluding hydrogens is 624 g/mol. The first-order valence-corrected chi connectivity index (χ1v) is 15.5. The van der Waals surface area contributed by atoms with Crippen molar-refractivity contribution >= 4 is 35.5 Å². The highest BCUT2D eigenvalue weighted by atomic mass is 16.4. The SMILES string of the molecule is CC(C)[C@H](N)C(=O)N[C@@H](Cc1ccc(O)cc1)C(=O)NCC(=O)N[C@H](C(=O)N[C@@H](Cc1ccc(O)cc1)C(=O)N[C@H](C)C(=O)O)C(C)C. The number of hydrogen-bond acceptors (Lipinski definition) is 9. The second kappa shape index (κ2) is 18.2. The Morgan fingerprint density at radius 3 is 1.52 bits per heavy atom. The lowest BCUT2D eigenvalue weighted by Crippen LogP contribution is -2.58. The van der Waals surface area contributed by atoms with Gasteiger partial charge in [-0.05, 0) is 54.2 Å². The van der Waals surface area contributed by atoms with E-state index in [-0.39, 0.29) is 30.3 Å². The average molecular weight is 671 g/mol. The van der Waals surface area contributed by atoms with Crippen molar-refractivity contribution in [3.63, 3.8) is 0 Å². The molecule has 2 rings (SSSR count). The summed E-state index contributed by atoms with van der Waals surface area (Å²) in [4.78, 5) is 76.5. The molecular formula is C33H46N6O9. The number of hydrogen-bond donors (Lipinski definition) is 9. The first-order valence-electron chi connectivity index (χ1n) is 15.5. The molecule has 0 radical (unpaired) electrons. The molecule has 2 aromatic carbocycles. The van der Waals surface area contributed by atoms with Crippen molar-refractivity contribution in [3.8, 4) is 11.5 Å². The predicted molar refractivity (Wildman–Crippen MR) is 175 cm³/mol. The standard InChI is InChI=1S/C33H46N6O9/c1-17(2)27(34)31(45)37-24(14-20-6-10-22(40)11-7-20)29(43)35-16-26(42)39-28(18(3)4)32(46)38-25(30(44)36-19(5)33(47)48)15-21-8-12-23(41)13-9-21/h6-13,17-19,24-25,27-28,40-41H,14-16,34H2,1-5H3,(H,35,43)(H,36,44)(H,37,45)(H,38,46)(H,39,42)(H,47,48)/t19-,24+,25+,27+,28+/m1/s1. The third-order valence-electron chi connectivity index (χ3n) is 7.46. The van der Waals surface area contributed by atoms with E-state index < -0.39 is 78.2 Å². The molecule has 0 fully saturated rings. The van der Waals surface area contributed by atoms with E-state index in [9.17, 15) is 44.1 Å². The lowest BCUT2D eigenvalue weighted by atomic mass is 10.0. The molecule has 0 saturated heterocycles. The molecule has 15 heteroatoms. The number of aliphatic carboxylic acids is 1. The summed E-state index contributed by atoms with van der Waals surface area (Å²) in [5, 5.41) is 41.0. The van der Waals surface area contributed by atoms with Gasteiger partial charge >= 0.3 is 5.97 Å². The maximum Gasteiger partial charge on any atom is 0.325 e. The van der Waals surface area contributed by atoms with E-state index in [0.717, 1.165) is 0 Å². The molecule has 0 saturated carbocycles. The van der Waals surface area contributed by atoms with E-state index >= 15 is 0 Å². The minimum absolute atomic E-state index is 0.00819. The number of benzene rings is 2. The van der Waals surface area contributed by atoms with Gasteiger partial charge in [0.1, 0.15) is 35.7 Å². The molecule has 5 atom stereocenters. The predicted octanol–water partition coefficient (Wildman–Crippen LogP) is -0.318. The van der Waals surface area contributed by atoms with Crippen LogP contribution < -0.4 is 32.3 Å². The topological polar surface area (TPSA) is 249 Å². The third kappa shape index (κ3) is 12.5. The quantitative estimate of drug-likeness (QED) is 0.106. The monoisotopic (exact) mass is 670 g/mol. The van der Waals surface area contributed by atoms with Crippen molar-refractivity contribution < 1.29 is 44.1 Å². The first-order chi connectivity index (χ1) is 22.5. The zero-order valence-corrected chi connectivity index (χ0v) is 27.7. The minimum atomic E-state index is -1.28. The highest BCUT2D eigenvalue weighted by molar-refractivity contribution is 5.95. The first kappa shape index (κ1) is 39.0. The molecule has 2 aromatic rings. The molecule has 10 N–H and O–H groups in total. The molecule has 0 unspecified atom stereocenters. The molecule has 0 spiro atoms. The van der Waals surface area contributed by atoms with Crippen LogP contribution in [-0.4, -0.2) is 87.6 Å². The fraction of sp³-hybridized carbons (Fsp3) is 0.455. The van der Waals surface area contributed by atoms with Gasteiger partial charge in [-0.25, -0.2) is 0 Å². The molecule has 0 aromatic heterocycles. The van der Waals surface area contributed by atoms with E-state index in [0.29, 0.717) is 11.1 Å². The van der Waals surface area contributed by atoms with Gasteiger partial charge in [0.2, 0.25) is 29.5 Å². The van der Waals surface area contributed by atoms with E-state index in [4.69, 9.17) is 5.73 Å². The molecule has 48 heavy (non-hydrogen) atoms. The van der Waals surface area contributed by atoms with Crippen LogP contribution in [0.2, 0.25) is 0 Å². The lowest BCUT2D eigenvalue weighted by Gasteiger charge is -2.26.